The number of nitrogens with one attached hydrogen (secondary N) is 1. The number of para-hydroxylation sites is 1. The van der Waals surface area contributed by atoms with Gasteiger partial charge in [-0.2, -0.15) is 0 Å². The van der Waals surface area contributed by atoms with Gasteiger partial charge in [0.15, 0.2) is 0 Å². The Labute approximate surface area is 164 Å². The normalized spacial score (nSPS) is 15.6. The first-order valence-electron chi connectivity index (χ1n) is 9.13. The van der Waals surface area contributed by atoms with Crippen LogP contribution in [-0.2, 0) is 6.54 Å². The van der Waals surface area contributed by atoms with Crippen molar-refractivity contribution in [1.82, 2.24) is 4.90 Å². The molecule has 0 aliphatic carbocycles. The lowest BCUT2D eigenvalue weighted by molar-refractivity contribution is 0.0666. The van der Waals surface area contributed by atoms with Crippen LogP contribution in [0.4, 0.5) is 5.69 Å². The number of methoxy groups -OCH3 is 2. The van der Waals surface area contributed by atoms with Crippen LogP contribution >= 0.6 is 0 Å². The van der Waals surface area contributed by atoms with E-state index in [-0.39, 0.29) is 12.1 Å². The summed E-state index contributed by atoms with van der Waals surface area (Å²) in [5.74, 6) is 1.36. The second kappa shape index (κ2) is 7.64. The van der Waals surface area contributed by atoms with E-state index in [0.717, 1.165) is 16.8 Å². The molecule has 0 radical (unpaired) electrons. The number of hydrogen-bond donors (Lipinski definition) is 1. The van der Waals surface area contributed by atoms with E-state index in [1.165, 1.54) is 0 Å². The highest BCUT2D eigenvalue weighted by Crippen LogP contribution is 2.36. The molecule has 4 rings (SSSR count). The molecule has 0 bridgehead atoms. The number of rotatable bonds is 5. The van der Waals surface area contributed by atoms with Crippen LogP contribution in [0.2, 0.25) is 0 Å². The molecule has 0 saturated heterocycles. The van der Waals surface area contributed by atoms with Crippen molar-refractivity contribution in [2.75, 3.05) is 19.5 Å². The zero-order chi connectivity index (χ0) is 19.5. The number of nitrogens with zero attached hydrogens (tertiary/aromatic N) is 1. The van der Waals surface area contributed by atoms with Gasteiger partial charge in [0, 0.05) is 23.9 Å². The van der Waals surface area contributed by atoms with Gasteiger partial charge in [0.25, 0.3) is 5.91 Å². The van der Waals surface area contributed by atoms with E-state index in [1.54, 1.807) is 14.2 Å². The summed E-state index contributed by atoms with van der Waals surface area (Å²) in [5.41, 5.74) is 3.46. The van der Waals surface area contributed by atoms with Crippen LogP contribution in [0.25, 0.3) is 0 Å². The molecule has 5 nitrogen and oxygen atoms in total. The maximum absolute atomic E-state index is 13.3. The average Bonchev–Trinajstić information content (AvgIpc) is 2.76. The number of anilines is 1. The van der Waals surface area contributed by atoms with E-state index in [1.807, 2.05) is 77.7 Å². The zero-order valence-electron chi connectivity index (χ0n) is 15.9. The fraction of sp³-hybridized carbons (Fsp3) is 0.174. The molecule has 3 aromatic rings. The maximum Gasteiger partial charge on any atom is 0.258 e. The molecule has 28 heavy (non-hydrogen) atoms. The lowest BCUT2D eigenvalue weighted by Gasteiger charge is -2.38. The van der Waals surface area contributed by atoms with E-state index in [9.17, 15) is 4.79 Å². The maximum atomic E-state index is 13.3. The molecule has 0 fully saturated rings. The van der Waals surface area contributed by atoms with Gasteiger partial charge >= 0.3 is 0 Å². The summed E-state index contributed by atoms with van der Waals surface area (Å²) in [7, 11) is 3.24. The fourth-order valence-electron chi connectivity index (χ4n) is 3.49. The van der Waals surface area contributed by atoms with E-state index in [0.29, 0.717) is 23.6 Å². The van der Waals surface area contributed by atoms with Crippen molar-refractivity contribution in [3.8, 4) is 11.5 Å². The van der Waals surface area contributed by atoms with Gasteiger partial charge in [0.05, 0.1) is 19.8 Å². The van der Waals surface area contributed by atoms with Gasteiger partial charge in [-0.25, -0.2) is 0 Å². The first-order chi connectivity index (χ1) is 13.7. The van der Waals surface area contributed by atoms with Crippen LogP contribution in [0.1, 0.15) is 27.7 Å². The lowest BCUT2D eigenvalue weighted by Crippen LogP contribution is -2.42. The summed E-state index contributed by atoms with van der Waals surface area (Å²) >= 11 is 0. The van der Waals surface area contributed by atoms with E-state index in [4.69, 9.17) is 9.47 Å². The number of benzene rings is 3. The van der Waals surface area contributed by atoms with E-state index >= 15 is 0 Å². The van der Waals surface area contributed by atoms with E-state index in [2.05, 4.69) is 5.32 Å². The second-order valence-corrected chi connectivity index (χ2v) is 6.66. The standard InChI is InChI=1S/C23H22N2O3/c1-27-18-12-17(13-19(14-18)28-2)22-24-21-11-7-6-10-20(21)23(26)25(22)15-16-8-4-3-5-9-16/h3-14,22,24H,15H2,1-2H3/t22-/m1/s1. The highest BCUT2D eigenvalue weighted by Gasteiger charge is 2.33. The third kappa shape index (κ3) is 3.39. The van der Waals surface area contributed by atoms with Crippen LogP contribution in [0.3, 0.4) is 0 Å². The number of fused-ring (bicyclic) bond motifs is 1. The summed E-state index contributed by atoms with van der Waals surface area (Å²) in [4.78, 5) is 15.2. The topological polar surface area (TPSA) is 50.8 Å². The van der Waals surface area contributed by atoms with Gasteiger partial charge in [0.1, 0.15) is 17.7 Å². The molecular formula is C23H22N2O3. The van der Waals surface area contributed by atoms with Crippen LogP contribution in [0.5, 0.6) is 11.5 Å². The molecule has 1 N–H and O–H groups in total. The molecule has 1 atom stereocenters. The minimum atomic E-state index is -0.341. The Balaban J connectivity index is 1.79. The molecule has 0 aromatic heterocycles. The van der Waals surface area contributed by atoms with Crippen molar-refractivity contribution in [3.63, 3.8) is 0 Å². The fourth-order valence-corrected chi connectivity index (χ4v) is 3.49. The summed E-state index contributed by atoms with van der Waals surface area (Å²) in [6.45, 7) is 0.491. The van der Waals surface area contributed by atoms with Crippen molar-refractivity contribution in [1.29, 1.82) is 0 Å². The Morgan fingerprint density at radius 3 is 2.21 bits per heavy atom. The average molecular weight is 374 g/mol. The van der Waals surface area contributed by atoms with Crippen LogP contribution in [0, 0.1) is 0 Å². The highest BCUT2D eigenvalue weighted by molar-refractivity contribution is 6.01. The number of hydrogen-bond acceptors (Lipinski definition) is 4. The van der Waals surface area contributed by atoms with Crippen LogP contribution < -0.4 is 14.8 Å². The van der Waals surface area contributed by atoms with Gasteiger partial charge < -0.3 is 19.7 Å². The lowest BCUT2D eigenvalue weighted by atomic mass is 10.0. The Morgan fingerprint density at radius 1 is 0.893 bits per heavy atom. The van der Waals surface area contributed by atoms with Crippen LogP contribution in [-0.4, -0.2) is 25.0 Å². The molecule has 1 aliphatic rings. The van der Waals surface area contributed by atoms with Gasteiger partial charge in [-0.15, -0.1) is 0 Å². The molecule has 0 spiro atoms. The molecule has 1 amide bonds. The molecule has 5 heteroatoms. The summed E-state index contributed by atoms with van der Waals surface area (Å²) in [6.07, 6.45) is -0.341. The number of carbonyl (C=O) groups excluding carboxylic acids is 1. The quantitative estimate of drug-likeness (QED) is 0.716. The molecule has 142 valence electrons. The summed E-state index contributed by atoms with van der Waals surface area (Å²) in [6, 6.07) is 23.3. The Hall–Kier alpha value is -3.47. The first-order valence-corrected chi connectivity index (χ1v) is 9.13. The summed E-state index contributed by atoms with van der Waals surface area (Å²) < 4.78 is 10.9. The largest absolute Gasteiger partial charge is 0.497 e. The highest BCUT2D eigenvalue weighted by atomic mass is 16.5. The minimum absolute atomic E-state index is 0.00927. The first kappa shape index (κ1) is 17.9. The Bertz CT molecular complexity index is 966. The van der Waals surface area contributed by atoms with Crippen molar-refractivity contribution in [2.24, 2.45) is 0 Å². The molecule has 1 aliphatic heterocycles. The molecule has 1 heterocycles. The molecule has 0 saturated carbocycles. The minimum Gasteiger partial charge on any atom is -0.497 e. The summed E-state index contributed by atoms with van der Waals surface area (Å²) in [5, 5.41) is 3.51. The number of amides is 1. The van der Waals surface area contributed by atoms with E-state index < -0.39 is 0 Å². The third-order valence-corrected chi connectivity index (χ3v) is 4.91. The monoisotopic (exact) mass is 374 g/mol. The zero-order valence-corrected chi connectivity index (χ0v) is 15.9. The van der Waals surface area contributed by atoms with Gasteiger partial charge in [0.2, 0.25) is 0 Å². The van der Waals surface area contributed by atoms with Gasteiger partial charge in [-0.05, 0) is 29.8 Å². The van der Waals surface area contributed by atoms with Gasteiger partial charge in [-0.1, -0.05) is 42.5 Å². The third-order valence-electron chi connectivity index (χ3n) is 4.91. The second-order valence-electron chi connectivity index (χ2n) is 6.66. The Morgan fingerprint density at radius 2 is 1.54 bits per heavy atom. The molecular weight excluding hydrogens is 352 g/mol. The van der Waals surface area contributed by atoms with Crippen molar-refractivity contribution < 1.29 is 14.3 Å². The van der Waals surface area contributed by atoms with Crippen molar-refractivity contribution >= 4 is 11.6 Å². The SMILES string of the molecule is COc1cc(OC)cc([C@@H]2Nc3ccccc3C(=O)N2Cc2ccccc2)c1. The van der Waals surface area contributed by atoms with Crippen molar-refractivity contribution in [3.05, 3.63) is 89.5 Å². The van der Waals surface area contributed by atoms with Crippen molar-refractivity contribution in [2.45, 2.75) is 12.7 Å². The van der Waals surface area contributed by atoms with Gasteiger partial charge in [-0.3, -0.25) is 4.79 Å². The molecule has 0 unspecified atom stereocenters. The molecule has 3 aromatic carbocycles. The number of ether oxygens (including phenoxy) is 2. The number of carbonyl (C=O) groups is 1. The predicted octanol–water partition coefficient (Wildman–Crippen LogP) is 4.47. The van der Waals surface area contributed by atoms with Crippen LogP contribution in [0.15, 0.2) is 72.8 Å². The predicted molar refractivity (Wildman–Crippen MR) is 109 cm³/mol. The Kier molecular flexibility index (Phi) is 4.89. The smallest absolute Gasteiger partial charge is 0.258 e.